The van der Waals surface area contributed by atoms with E-state index >= 15 is 0 Å². The van der Waals surface area contributed by atoms with Crippen molar-refractivity contribution in [3.63, 3.8) is 0 Å². The highest BCUT2D eigenvalue weighted by Gasteiger charge is 2.59. The Kier molecular flexibility index (Phi) is 9.10. The highest BCUT2D eigenvalue weighted by Crippen LogP contribution is 2.49. The quantitative estimate of drug-likeness (QED) is 0.215. The second-order valence-corrected chi connectivity index (χ2v) is 11.7. The summed E-state index contributed by atoms with van der Waals surface area (Å²) in [6.45, 7) is 5.82. The number of Topliss-reactive ketones (excluding diaryl/α,β-unsaturated/α-hetero) is 1. The van der Waals surface area contributed by atoms with Gasteiger partial charge in [-0.25, -0.2) is 4.79 Å². The van der Waals surface area contributed by atoms with Gasteiger partial charge in [-0.15, -0.1) is 0 Å². The first-order valence-electron chi connectivity index (χ1n) is 13.8. The number of ketones is 1. The molecular weight excluding hydrogens is 480 g/mol. The lowest BCUT2D eigenvalue weighted by Gasteiger charge is -2.56. The molecule has 1 aliphatic carbocycles. The van der Waals surface area contributed by atoms with E-state index in [1.165, 1.54) is 0 Å². The lowest BCUT2D eigenvalue weighted by atomic mass is 9.65. The van der Waals surface area contributed by atoms with Gasteiger partial charge in [0.2, 0.25) is 0 Å². The van der Waals surface area contributed by atoms with Gasteiger partial charge in [-0.3, -0.25) is 10.5 Å². The van der Waals surface area contributed by atoms with Gasteiger partial charge < -0.3 is 34.8 Å². The van der Waals surface area contributed by atoms with Gasteiger partial charge in [0.25, 0.3) is 0 Å². The standard InChI is InChI=1S/C27H44N2O8/c1-4-14(2)26(34)36-22-9-18-20(10-21-24(25(18)33)19(32)8-17(13-31)35-21)37-27(22,3)16(12-30)7-15-5-6-23(28)29-11-15/h4,15-18,20-25,29-31,33H,5-13,28H2,1-3H3/p+1/t15?,16-,17?,18?,20?,21?,22-,23?,24?,25?,27-/m0/s1. The number of allylic oxidation sites excluding steroid dienone is 1. The molecule has 3 heterocycles. The number of aliphatic hydroxyl groups is 3. The normalized spacial score (nSPS) is 43.5. The van der Waals surface area contributed by atoms with Gasteiger partial charge in [-0.2, -0.15) is 0 Å². The topological polar surface area (TPSA) is 165 Å². The first kappa shape index (κ1) is 28.6. The number of piperidine rings is 1. The van der Waals surface area contributed by atoms with Gasteiger partial charge >= 0.3 is 5.97 Å². The Balaban J connectivity index is 1.60. The summed E-state index contributed by atoms with van der Waals surface area (Å²) in [4.78, 5) is 25.7. The number of carbonyl (C=O) groups is 2. The maximum atomic E-state index is 12.9. The van der Waals surface area contributed by atoms with Crippen molar-refractivity contribution in [1.29, 1.82) is 0 Å². The third kappa shape index (κ3) is 5.80. The molecule has 3 aliphatic heterocycles. The third-order valence-electron chi connectivity index (χ3n) is 9.39. The van der Waals surface area contributed by atoms with E-state index < -0.39 is 53.9 Å². The number of quaternary nitrogens is 1. The molecule has 210 valence electrons. The summed E-state index contributed by atoms with van der Waals surface area (Å²) in [5, 5.41) is 33.6. The molecule has 0 radical (unpaired) electrons. The minimum absolute atomic E-state index is 0.0677. The molecule has 4 aliphatic rings. The maximum absolute atomic E-state index is 12.9. The smallest absolute Gasteiger partial charge is 0.333 e. The van der Waals surface area contributed by atoms with E-state index in [4.69, 9.17) is 19.9 Å². The molecule has 0 spiro atoms. The van der Waals surface area contributed by atoms with E-state index in [0.717, 1.165) is 19.4 Å². The zero-order chi connectivity index (χ0) is 26.9. The van der Waals surface area contributed by atoms with E-state index in [1.807, 2.05) is 6.92 Å². The van der Waals surface area contributed by atoms with Gasteiger partial charge in [0.05, 0.1) is 43.5 Å². The minimum Gasteiger partial charge on any atom is -0.456 e. The summed E-state index contributed by atoms with van der Waals surface area (Å²) in [7, 11) is 0. The molecule has 0 aromatic rings. The van der Waals surface area contributed by atoms with Crippen molar-refractivity contribution < 1.29 is 44.4 Å². The van der Waals surface area contributed by atoms with Crippen molar-refractivity contribution in [3.8, 4) is 0 Å². The third-order valence-corrected chi connectivity index (χ3v) is 9.39. The summed E-state index contributed by atoms with van der Waals surface area (Å²) in [5.41, 5.74) is 5.52. The molecule has 1 saturated carbocycles. The zero-order valence-electron chi connectivity index (χ0n) is 22.3. The van der Waals surface area contributed by atoms with Crippen LogP contribution in [0.25, 0.3) is 0 Å². The first-order chi connectivity index (χ1) is 17.6. The minimum atomic E-state index is -1.01. The molecular formula is C27H45N2O8+. The van der Waals surface area contributed by atoms with Crippen molar-refractivity contribution in [2.45, 2.75) is 102 Å². The first-order valence-corrected chi connectivity index (χ1v) is 13.8. The van der Waals surface area contributed by atoms with Crippen LogP contribution in [0.5, 0.6) is 0 Å². The lowest BCUT2D eigenvalue weighted by molar-refractivity contribution is -0.703. The van der Waals surface area contributed by atoms with Crippen LogP contribution in [-0.4, -0.2) is 89.1 Å². The van der Waals surface area contributed by atoms with Gasteiger partial charge in [-0.1, -0.05) is 6.08 Å². The second kappa shape index (κ2) is 11.8. The summed E-state index contributed by atoms with van der Waals surface area (Å²) >= 11 is 0. The van der Waals surface area contributed by atoms with Gasteiger partial charge in [0, 0.05) is 49.2 Å². The fourth-order valence-corrected chi connectivity index (χ4v) is 6.87. The highest BCUT2D eigenvalue weighted by molar-refractivity contribution is 5.87. The number of rotatable bonds is 7. The van der Waals surface area contributed by atoms with Crippen LogP contribution in [0.1, 0.15) is 59.3 Å². The van der Waals surface area contributed by atoms with Crippen LogP contribution in [-0.2, 0) is 23.8 Å². The largest absolute Gasteiger partial charge is 0.456 e. The van der Waals surface area contributed by atoms with Crippen molar-refractivity contribution in [2.24, 2.45) is 29.4 Å². The lowest BCUT2D eigenvalue weighted by Crippen LogP contribution is -2.95. The van der Waals surface area contributed by atoms with Crippen molar-refractivity contribution in [3.05, 3.63) is 11.6 Å². The summed E-state index contributed by atoms with van der Waals surface area (Å²) in [5.74, 6) is -1.65. The molecule has 10 nitrogen and oxygen atoms in total. The molecule has 0 amide bonds. The maximum Gasteiger partial charge on any atom is 0.333 e. The Labute approximate surface area is 218 Å². The molecule has 3 saturated heterocycles. The molecule has 8 unspecified atom stereocenters. The number of aliphatic hydroxyl groups excluding tert-OH is 3. The van der Waals surface area contributed by atoms with E-state index in [2.05, 4.69) is 5.32 Å². The number of esters is 1. The number of carbonyl (C=O) groups excluding carboxylic acids is 2. The van der Waals surface area contributed by atoms with Crippen LogP contribution in [0, 0.1) is 23.7 Å². The molecule has 37 heavy (non-hydrogen) atoms. The van der Waals surface area contributed by atoms with Gasteiger partial charge in [0.15, 0.2) is 0 Å². The predicted molar refractivity (Wildman–Crippen MR) is 133 cm³/mol. The van der Waals surface area contributed by atoms with Gasteiger partial charge in [-0.05, 0) is 40.0 Å². The molecule has 0 aromatic carbocycles. The Morgan fingerprint density at radius 1 is 1.30 bits per heavy atom. The Morgan fingerprint density at radius 2 is 2.05 bits per heavy atom. The average Bonchev–Trinajstić information content (AvgIpc) is 2.88. The zero-order valence-corrected chi connectivity index (χ0v) is 22.3. The van der Waals surface area contributed by atoms with E-state index in [0.29, 0.717) is 30.8 Å². The van der Waals surface area contributed by atoms with E-state index in [1.54, 1.807) is 19.9 Å². The summed E-state index contributed by atoms with van der Waals surface area (Å²) < 4.78 is 18.7. The van der Waals surface area contributed by atoms with Gasteiger partial charge in [0.1, 0.15) is 23.7 Å². The van der Waals surface area contributed by atoms with Crippen LogP contribution in [0.15, 0.2) is 11.6 Å². The van der Waals surface area contributed by atoms with Crippen molar-refractivity contribution in [1.82, 2.24) is 0 Å². The second-order valence-electron chi connectivity index (χ2n) is 11.7. The monoisotopic (exact) mass is 525 g/mol. The van der Waals surface area contributed by atoms with Crippen molar-refractivity contribution in [2.75, 3.05) is 19.8 Å². The number of ether oxygens (including phenoxy) is 3. The number of nitrogens with two attached hydrogens (primary N) is 2. The van der Waals surface area contributed by atoms with E-state index in [9.17, 15) is 24.9 Å². The molecule has 0 bridgehead atoms. The van der Waals surface area contributed by atoms with Crippen LogP contribution in [0.2, 0.25) is 0 Å². The number of fused-ring (bicyclic) bond motifs is 2. The van der Waals surface area contributed by atoms with E-state index in [-0.39, 0.29) is 37.5 Å². The van der Waals surface area contributed by atoms with Crippen LogP contribution in [0.3, 0.4) is 0 Å². The highest BCUT2D eigenvalue weighted by atomic mass is 16.6. The number of hydrogen-bond donors (Lipinski definition) is 5. The summed E-state index contributed by atoms with van der Waals surface area (Å²) in [6.07, 6.45) is 1.83. The Bertz CT molecular complexity index is 859. The molecule has 0 aromatic heterocycles. The molecule has 4 fully saturated rings. The Morgan fingerprint density at radius 3 is 2.68 bits per heavy atom. The fraction of sp³-hybridized carbons (Fsp3) is 0.852. The van der Waals surface area contributed by atoms with Crippen LogP contribution in [0.4, 0.5) is 0 Å². The van der Waals surface area contributed by atoms with Crippen LogP contribution >= 0.6 is 0 Å². The van der Waals surface area contributed by atoms with Crippen molar-refractivity contribution >= 4 is 11.8 Å². The molecule has 4 rings (SSSR count). The summed E-state index contributed by atoms with van der Waals surface area (Å²) in [6, 6.07) is 0. The SMILES string of the molecule is CC=C(C)C(=O)O[C@H]1CC2C(CC3OC(CO)CC(=O)C3C2O)O[C@@]1(C)[C@H](CO)CC1CCC(N)[NH2+]C1. The fourth-order valence-electron chi connectivity index (χ4n) is 6.87. The molecule has 10 heteroatoms. The molecule has 7 N–H and O–H groups in total. The Hall–Kier alpha value is -1.40. The predicted octanol–water partition coefficient (Wildman–Crippen LogP) is -0.615. The van der Waals surface area contributed by atoms with Crippen LogP contribution < -0.4 is 11.1 Å². The number of hydrogen-bond acceptors (Lipinski definition) is 9. The average molecular weight is 526 g/mol. The molecule has 11 atom stereocenters.